The highest BCUT2D eigenvalue weighted by molar-refractivity contribution is 6.29. The number of rotatable bonds is 2. The molecule has 0 unspecified atom stereocenters. The van der Waals surface area contributed by atoms with Crippen LogP contribution >= 0.6 is 11.6 Å². The molecule has 0 spiro atoms. The average Bonchev–Trinajstić information content (AvgIpc) is 3.31. The molecule has 1 aromatic carbocycles. The minimum absolute atomic E-state index is 0.492. The second kappa shape index (κ2) is 4.53. The predicted molar refractivity (Wildman–Crippen MR) is 79.8 cm³/mol. The predicted octanol–water partition coefficient (Wildman–Crippen LogP) is 4.22. The van der Waals surface area contributed by atoms with Crippen LogP contribution in [0.15, 0.2) is 42.5 Å². The summed E-state index contributed by atoms with van der Waals surface area (Å²) in [7, 11) is 0. The molecular weight excluding hydrogens is 270 g/mol. The molecule has 3 nitrogen and oxygen atoms in total. The second-order valence-corrected chi connectivity index (χ2v) is 5.49. The maximum Gasteiger partial charge on any atom is 0.179 e. The molecule has 0 saturated heterocycles. The quantitative estimate of drug-likeness (QED) is 0.660. The van der Waals surface area contributed by atoms with Gasteiger partial charge in [-0.3, -0.25) is 0 Å². The number of benzene rings is 1. The Labute approximate surface area is 121 Å². The first kappa shape index (κ1) is 11.8. The zero-order valence-electron chi connectivity index (χ0n) is 10.8. The summed E-state index contributed by atoms with van der Waals surface area (Å²) in [5, 5.41) is 1.60. The Morgan fingerprint density at radius 1 is 0.950 bits per heavy atom. The Balaban J connectivity index is 1.85. The van der Waals surface area contributed by atoms with Crippen molar-refractivity contribution >= 4 is 22.5 Å². The van der Waals surface area contributed by atoms with Gasteiger partial charge in [-0.15, -0.1) is 0 Å². The summed E-state index contributed by atoms with van der Waals surface area (Å²) in [5.74, 6) is 1.17. The van der Waals surface area contributed by atoms with Crippen LogP contribution in [0.25, 0.3) is 22.4 Å². The number of aromatic nitrogens is 3. The number of fused-ring (bicyclic) bond motifs is 1. The van der Waals surface area contributed by atoms with Gasteiger partial charge in [-0.25, -0.2) is 15.0 Å². The first-order valence-electron chi connectivity index (χ1n) is 6.70. The molecule has 0 N–H and O–H groups in total. The van der Waals surface area contributed by atoms with E-state index in [4.69, 9.17) is 11.6 Å². The summed E-state index contributed by atoms with van der Waals surface area (Å²) in [6, 6.07) is 13.9. The van der Waals surface area contributed by atoms with Gasteiger partial charge < -0.3 is 0 Å². The molecule has 0 bridgehead atoms. The third-order valence-electron chi connectivity index (χ3n) is 3.54. The Morgan fingerprint density at radius 2 is 1.80 bits per heavy atom. The third-order valence-corrected chi connectivity index (χ3v) is 3.73. The Kier molecular flexibility index (Phi) is 2.67. The molecule has 0 atom stereocenters. The highest BCUT2D eigenvalue weighted by Crippen LogP contribution is 2.40. The van der Waals surface area contributed by atoms with E-state index in [0.717, 1.165) is 22.3 Å². The molecule has 1 saturated carbocycles. The number of nitrogens with zero attached hydrogens (tertiary/aromatic N) is 3. The van der Waals surface area contributed by atoms with Crippen LogP contribution < -0.4 is 0 Å². The summed E-state index contributed by atoms with van der Waals surface area (Å²) >= 11 is 6.11. The van der Waals surface area contributed by atoms with E-state index in [0.29, 0.717) is 16.9 Å². The lowest BCUT2D eigenvalue weighted by atomic mass is 10.2. The highest BCUT2D eigenvalue weighted by atomic mass is 35.5. The molecule has 2 heterocycles. The van der Waals surface area contributed by atoms with Crippen LogP contribution in [0.2, 0.25) is 5.15 Å². The molecule has 0 aliphatic heterocycles. The summed E-state index contributed by atoms with van der Waals surface area (Å²) in [6.45, 7) is 0. The lowest BCUT2D eigenvalue weighted by Gasteiger charge is -2.05. The van der Waals surface area contributed by atoms with E-state index < -0.39 is 0 Å². The van der Waals surface area contributed by atoms with Crippen molar-refractivity contribution in [2.45, 2.75) is 18.8 Å². The van der Waals surface area contributed by atoms with E-state index in [1.165, 1.54) is 12.8 Å². The van der Waals surface area contributed by atoms with E-state index in [2.05, 4.69) is 15.0 Å². The number of hydrogen-bond donors (Lipinski definition) is 0. The number of pyridine rings is 1. The van der Waals surface area contributed by atoms with Gasteiger partial charge in [0.2, 0.25) is 0 Å². The van der Waals surface area contributed by atoms with Gasteiger partial charge in [-0.2, -0.15) is 0 Å². The SMILES string of the molecule is Clc1cc(C2CC2)nc(-c2ccc3ccccc3n2)n1. The van der Waals surface area contributed by atoms with Crippen molar-refractivity contribution in [1.29, 1.82) is 0 Å². The van der Waals surface area contributed by atoms with Crippen LogP contribution in [0.5, 0.6) is 0 Å². The van der Waals surface area contributed by atoms with Crippen molar-refractivity contribution in [3.63, 3.8) is 0 Å². The van der Waals surface area contributed by atoms with Crippen LogP contribution in [0.1, 0.15) is 24.5 Å². The molecule has 1 aliphatic rings. The molecule has 0 radical (unpaired) electrons. The lowest BCUT2D eigenvalue weighted by molar-refractivity contribution is 0.989. The molecule has 20 heavy (non-hydrogen) atoms. The Morgan fingerprint density at radius 3 is 2.65 bits per heavy atom. The standard InChI is InChI=1S/C16H12ClN3/c17-15-9-14(11-5-6-11)19-16(20-15)13-8-7-10-3-1-2-4-12(10)18-13/h1-4,7-9,11H,5-6H2. The maximum atomic E-state index is 6.11. The third kappa shape index (κ3) is 2.14. The van der Waals surface area contributed by atoms with Gasteiger partial charge in [-0.05, 0) is 31.0 Å². The minimum Gasteiger partial charge on any atom is -0.244 e. The fourth-order valence-electron chi connectivity index (χ4n) is 2.33. The monoisotopic (exact) mass is 281 g/mol. The second-order valence-electron chi connectivity index (χ2n) is 5.10. The first-order chi connectivity index (χ1) is 9.79. The van der Waals surface area contributed by atoms with E-state index in [1.807, 2.05) is 42.5 Å². The average molecular weight is 282 g/mol. The highest BCUT2D eigenvalue weighted by Gasteiger charge is 2.26. The molecule has 0 amide bonds. The summed E-state index contributed by atoms with van der Waals surface area (Å²) in [6.07, 6.45) is 2.38. The van der Waals surface area contributed by atoms with E-state index in [9.17, 15) is 0 Å². The van der Waals surface area contributed by atoms with Crippen molar-refractivity contribution in [3.05, 3.63) is 53.3 Å². The molecule has 98 valence electrons. The number of hydrogen-bond acceptors (Lipinski definition) is 3. The van der Waals surface area contributed by atoms with Gasteiger partial charge in [-0.1, -0.05) is 35.9 Å². The molecule has 4 heteroatoms. The van der Waals surface area contributed by atoms with Crippen LogP contribution in [0.4, 0.5) is 0 Å². The van der Waals surface area contributed by atoms with Crippen molar-refractivity contribution in [3.8, 4) is 11.5 Å². The normalized spacial score (nSPS) is 14.7. The minimum atomic E-state index is 0.492. The maximum absolute atomic E-state index is 6.11. The summed E-state index contributed by atoms with van der Waals surface area (Å²) in [5.41, 5.74) is 2.75. The smallest absolute Gasteiger partial charge is 0.179 e. The van der Waals surface area contributed by atoms with Crippen molar-refractivity contribution in [2.75, 3.05) is 0 Å². The van der Waals surface area contributed by atoms with E-state index in [1.54, 1.807) is 0 Å². The molecule has 2 aromatic heterocycles. The van der Waals surface area contributed by atoms with Gasteiger partial charge in [0, 0.05) is 17.0 Å². The molecule has 1 aliphatic carbocycles. The van der Waals surface area contributed by atoms with Gasteiger partial charge in [0.05, 0.1) is 5.52 Å². The summed E-state index contributed by atoms with van der Waals surface area (Å²) < 4.78 is 0. The van der Waals surface area contributed by atoms with Crippen LogP contribution in [-0.2, 0) is 0 Å². The Bertz CT molecular complexity index is 797. The van der Waals surface area contributed by atoms with Crippen molar-refractivity contribution in [1.82, 2.24) is 15.0 Å². The van der Waals surface area contributed by atoms with Crippen molar-refractivity contribution < 1.29 is 0 Å². The fraction of sp³-hybridized carbons (Fsp3) is 0.188. The molecular formula is C16H12ClN3. The number of para-hydroxylation sites is 1. The Hall–Kier alpha value is -2.00. The molecule has 3 aromatic rings. The van der Waals surface area contributed by atoms with Gasteiger partial charge >= 0.3 is 0 Å². The largest absolute Gasteiger partial charge is 0.244 e. The zero-order chi connectivity index (χ0) is 13.5. The first-order valence-corrected chi connectivity index (χ1v) is 7.08. The van der Waals surface area contributed by atoms with E-state index in [-0.39, 0.29) is 0 Å². The molecule has 4 rings (SSSR count). The van der Waals surface area contributed by atoms with Crippen LogP contribution in [-0.4, -0.2) is 15.0 Å². The van der Waals surface area contributed by atoms with Gasteiger partial charge in [0.25, 0.3) is 0 Å². The molecule has 1 fully saturated rings. The lowest BCUT2D eigenvalue weighted by Crippen LogP contribution is -1.96. The zero-order valence-corrected chi connectivity index (χ0v) is 11.5. The fourth-order valence-corrected chi connectivity index (χ4v) is 2.52. The van der Waals surface area contributed by atoms with Gasteiger partial charge in [0.1, 0.15) is 10.8 Å². The van der Waals surface area contributed by atoms with Crippen LogP contribution in [0, 0.1) is 0 Å². The van der Waals surface area contributed by atoms with Crippen molar-refractivity contribution in [2.24, 2.45) is 0 Å². The topological polar surface area (TPSA) is 38.7 Å². The van der Waals surface area contributed by atoms with E-state index >= 15 is 0 Å². The van der Waals surface area contributed by atoms with Gasteiger partial charge in [0.15, 0.2) is 5.82 Å². The van der Waals surface area contributed by atoms with Crippen LogP contribution in [0.3, 0.4) is 0 Å². The summed E-state index contributed by atoms with van der Waals surface area (Å²) in [4.78, 5) is 13.6. The number of halogens is 1.